The number of nitrogens with two attached hydrogens (primary N) is 1. The maximum absolute atomic E-state index is 6.13. The van der Waals surface area contributed by atoms with Gasteiger partial charge in [-0.25, -0.2) is 0 Å². The van der Waals surface area contributed by atoms with E-state index < -0.39 is 0 Å². The third-order valence-corrected chi connectivity index (χ3v) is 3.15. The molecule has 0 heterocycles. The normalized spacial score (nSPS) is 26.2. The summed E-state index contributed by atoms with van der Waals surface area (Å²) in [6.07, 6.45) is 1.16. The lowest BCUT2D eigenvalue weighted by Crippen LogP contribution is -2.13. The van der Waals surface area contributed by atoms with Crippen LogP contribution < -0.4 is 5.73 Å². The quantitative estimate of drug-likeness (QED) is 0.644. The Morgan fingerprint density at radius 2 is 2.00 bits per heavy atom. The highest BCUT2D eigenvalue weighted by Gasteiger charge is 2.27. The molecule has 0 saturated carbocycles. The van der Waals surface area contributed by atoms with Gasteiger partial charge in [-0.3, -0.25) is 0 Å². The average Bonchev–Trinajstić information content (AvgIpc) is 2.32. The smallest absolute Gasteiger partial charge is 0.0326 e. The van der Waals surface area contributed by atoms with Crippen LogP contribution >= 0.6 is 0 Å². The van der Waals surface area contributed by atoms with Gasteiger partial charge in [0.05, 0.1) is 0 Å². The van der Waals surface area contributed by atoms with E-state index in [1.54, 1.807) is 0 Å². The molecule has 70 valence electrons. The number of hydrogen-bond donors (Lipinski definition) is 1. The molecule has 0 amide bonds. The molecule has 1 nitrogen and oxygen atoms in total. The summed E-state index contributed by atoms with van der Waals surface area (Å²) >= 11 is 0. The van der Waals surface area contributed by atoms with Crippen molar-refractivity contribution in [1.29, 1.82) is 0 Å². The van der Waals surface area contributed by atoms with Gasteiger partial charge in [0.1, 0.15) is 0 Å². The van der Waals surface area contributed by atoms with Gasteiger partial charge in [-0.1, -0.05) is 24.6 Å². The molecular weight excluding hydrogens is 158 g/mol. The van der Waals surface area contributed by atoms with E-state index in [0.717, 1.165) is 6.42 Å². The standard InChI is InChI=1S/C12H17N/c1-7-4-8(2)10-6-9(3)12(13)11(10)5-7/h4-5,9,12H,6,13H2,1-3H3/t9-,12-/m1/s1. The minimum Gasteiger partial charge on any atom is -0.324 e. The van der Waals surface area contributed by atoms with E-state index >= 15 is 0 Å². The molecule has 0 fully saturated rings. The second-order valence-electron chi connectivity index (χ2n) is 4.36. The third kappa shape index (κ3) is 1.28. The molecule has 0 saturated heterocycles. The number of benzene rings is 1. The van der Waals surface area contributed by atoms with Crippen LogP contribution in [0.3, 0.4) is 0 Å². The molecule has 0 radical (unpaired) electrons. The van der Waals surface area contributed by atoms with Gasteiger partial charge in [0, 0.05) is 6.04 Å². The van der Waals surface area contributed by atoms with E-state index in [1.165, 1.54) is 22.3 Å². The molecule has 1 aromatic rings. The van der Waals surface area contributed by atoms with Gasteiger partial charge in [0.2, 0.25) is 0 Å². The first-order valence-corrected chi connectivity index (χ1v) is 4.95. The topological polar surface area (TPSA) is 26.0 Å². The van der Waals surface area contributed by atoms with Crippen molar-refractivity contribution in [2.45, 2.75) is 33.2 Å². The Morgan fingerprint density at radius 1 is 1.31 bits per heavy atom. The number of fused-ring (bicyclic) bond motifs is 1. The van der Waals surface area contributed by atoms with Gasteiger partial charge in [-0.15, -0.1) is 0 Å². The molecule has 1 aromatic carbocycles. The molecule has 0 aliphatic heterocycles. The molecule has 2 N–H and O–H groups in total. The number of hydrogen-bond acceptors (Lipinski definition) is 1. The fourth-order valence-electron chi connectivity index (χ4n) is 2.36. The van der Waals surface area contributed by atoms with Crippen LogP contribution in [-0.4, -0.2) is 0 Å². The first kappa shape index (κ1) is 8.76. The summed E-state index contributed by atoms with van der Waals surface area (Å²) in [4.78, 5) is 0. The first-order valence-electron chi connectivity index (χ1n) is 4.95. The molecule has 1 heteroatoms. The Kier molecular flexibility index (Phi) is 1.92. The summed E-state index contributed by atoms with van der Waals surface area (Å²) in [5.74, 6) is 0.607. The molecular formula is C12H17N. The van der Waals surface area contributed by atoms with Crippen LogP contribution in [0.4, 0.5) is 0 Å². The SMILES string of the molecule is Cc1cc(C)c2c(c1)[C@H](N)[C@H](C)C2. The Balaban J connectivity index is 2.57. The Labute approximate surface area is 80.0 Å². The van der Waals surface area contributed by atoms with E-state index in [2.05, 4.69) is 32.9 Å². The predicted molar refractivity (Wildman–Crippen MR) is 55.7 cm³/mol. The van der Waals surface area contributed by atoms with Crippen molar-refractivity contribution in [3.05, 3.63) is 34.4 Å². The highest BCUT2D eigenvalue weighted by atomic mass is 14.7. The molecule has 0 bridgehead atoms. The molecule has 0 unspecified atom stereocenters. The fraction of sp³-hybridized carbons (Fsp3) is 0.500. The fourth-order valence-corrected chi connectivity index (χ4v) is 2.36. The Bertz CT molecular complexity index is 341. The highest BCUT2D eigenvalue weighted by molar-refractivity contribution is 5.43. The van der Waals surface area contributed by atoms with Crippen molar-refractivity contribution in [2.24, 2.45) is 11.7 Å². The molecule has 2 atom stereocenters. The van der Waals surface area contributed by atoms with Gasteiger partial charge < -0.3 is 5.73 Å². The van der Waals surface area contributed by atoms with Crippen LogP contribution in [0.15, 0.2) is 12.1 Å². The molecule has 2 rings (SSSR count). The summed E-state index contributed by atoms with van der Waals surface area (Å²) < 4.78 is 0. The predicted octanol–water partition coefficient (Wildman–Crippen LogP) is 2.50. The van der Waals surface area contributed by atoms with Crippen molar-refractivity contribution < 1.29 is 0 Å². The van der Waals surface area contributed by atoms with Crippen molar-refractivity contribution in [2.75, 3.05) is 0 Å². The lowest BCUT2D eigenvalue weighted by molar-refractivity contribution is 0.513. The maximum atomic E-state index is 6.13. The monoisotopic (exact) mass is 175 g/mol. The van der Waals surface area contributed by atoms with Gasteiger partial charge in [0.15, 0.2) is 0 Å². The molecule has 1 aliphatic rings. The zero-order valence-electron chi connectivity index (χ0n) is 8.59. The van der Waals surface area contributed by atoms with Crippen molar-refractivity contribution in [3.63, 3.8) is 0 Å². The van der Waals surface area contributed by atoms with Crippen LogP contribution in [0.2, 0.25) is 0 Å². The van der Waals surface area contributed by atoms with Gasteiger partial charge in [-0.05, 0) is 42.9 Å². The Morgan fingerprint density at radius 3 is 2.69 bits per heavy atom. The molecule has 0 spiro atoms. The van der Waals surface area contributed by atoms with Crippen LogP contribution in [0.1, 0.15) is 35.2 Å². The van der Waals surface area contributed by atoms with E-state index in [1.807, 2.05) is 0 Å². The number of rotatable bonds is 0. The molecule has 1 aliphatic carbocycles. The Hall–Kier alpha value is -0.820. The van der Waals surface area contributed by atoms with Crippen molar-refractivity contribution in [1.82, 2.24) is 0 Å². The van der Waals surface area contributed by atoms with Gasteiger partial charge in [0.25, 0.3) is 0 Å². The highest BCUT2D eigenvalue weighted by Crippen LogP contribution is 2.36. The third-order valence-electron chi connectivity index (χ3n) is 3.15. The largest absolute Gasteiger partial charge is 0.324 e. The summed E-state index contributed by atoms with van der Waals surface area (Å²) in [5, 5.41) is 0. The van der Waals surface area contributed by atoms with Gasteiger partial charge >= 0.3 is 0 Å². The molecule has 0 aromatic heterocycles. The number of aryl methyl sites for hydroxylation is 2. The summed E-state index contributed by atoms with van der Waals surface area (Å²) in [6, 6.07) is 4.76. The second kappa shape index (κ2) is 2.85. The van der Waals surface area contributed by atoms with E-state index in [4.69, 9.17) is 5.73 Å². The summed E-state index contributed by atoms with van der Waals surface area (Å²) in [7, 11) is 0. The van der Waals surface area contributed by atoms with Crippen molar-refractivity contribution >= 4 is 0 Å². The van der Waals surface area contributed by atoms with Gasteiger partial charge in [-0.2, -0.15) is 0 Å². The minimum atomic E-state index is 0.258. The lowest BCUT2D eigenvalue weighted by Gasteiger charge is -2.10. The van der Waals surface area contributed by atoms with E-state index in [0.29, 0.717) is 5.92 Å². The first-order chi connectivity index (χ1) is 6.09. The molecule has 13 heavy (non-hydrogen) atoms. The second-order valence-corrected chi connectivity index (χ2v) is 4.36. The maximum Gasteiger partial charge on any atom is 0.0326 e. The minimum absolute atomic E-state index is 0.258. The van der Waals surface area contributed by atoms with Crippen LogP contribution in [0.5, 0.6) is 0 Å². The van der Waals surface area contributed by atoms with Crippen LogP contribution in [0.25, 0.3) is 0 Å². The summed E-state index contributed by atoms with van der Waals surface area (Å²) in [5.41, 5.74) is 11.7. The average molecular weight is 175 g/mol. The zero-order chi connectivity index (χ0) is 9.59. The van der Waals surface area contributed by atoms with Crippen LogP contribution in [0, 0.1) is 19.8 Å². The van der Waals surface area contributed by atoms with E-state index in [-0.39, 0.29) is 6.04 Å². The van der Waals surface area contributed by atoms with Crippen molar-refractivity contribution in [3.8, 4) is 0 Å². The van der Waals surface area contributed by atoms with E-state index in [9.17, 15) is 0 Å². The summed E-state index contributed by atoms with van der Waals surface area (Å²) in [6.45, 7) is 6.57. The lowest BCUT2D eigenvalue weighted by atomic mass is 10.0. The van der Waals surface area contributed by atoms with Crippen LogP contribution in [-0.2, 0) is 6.42 Å². The zero-order valence-corrected chi connectivity index (χ0v) is 8.59.